The predicted octanol–water partition coefficient (Wildman–Crippen LogP) is 3.60. The van der Waals surface area contributed by atoms with Gasteiger partial charge in [0.15, 0.2) is 0 Å². The Balaban J connectivity index is 2.67. The summed E-state index contributed by atoms with van der Waals surface area (Å²) in [5.74, 6) is -0.173. The summed E-state index contributed by atoms with van der Waals surface area (Å²) in [5.41, 5.74) is 2.16. The molecule has 2 nitrogen and oxygen atoms in total. The van der Waals surface area contributed by atoms with Crippen molar-refractivity contribution in [2.24, 2.45) is 0 Å². The normalized spacial score (nSPS) is 12.7. The van der Waals surface area contributed by atoms with Crippen LogP contribution in [0.1, 0.15) is 43.9 Å². The molecule has 1 atom stereocenters. The van der Waals surface area contributed by atoms with Crippen molar-refractivity contribution in [2.45, 2.75) is 39.7 Å². The second-order valence-electron chi connectivity index (χ2n) is 4.51. The molecule has 1 unspecified atom stereocenters. The molecule has 0 aliphatic rings. The molecule has 0 amide bonds. The smallest absolute Gasteiger partial charge is 0.123 e. The topological polar surface area (TPSA) is 21.3 Å². The van der Waals surface area contributed by atoms with Crippen molar-refractivity contribution in [3.63, 3.8) is 0 Å². The number of rotatable bonds is 8. The van der Waals surface area contributed by atoms with E-state index in [1.54, 1.807) is 6.07 Å². The molecule has 0 spiro atoms. The van der Waals surface area contributed by atoms with Crippen LogP contribution in [0.3, 0.4) is 0 Å². The van der Waals surface area contributed by atoms with Crippen LogP contribution < -0.4 is 5.32 Å². The molecule has 18 heavy (non-hydrogen) atoms. The molecule has 102 valence electrons. The summed E-state index contributed by atoms with van der Waals surface area (Å²) in [6.07, 6.45) is 1.91. The van der Waals surface area contributed by atoms with Gasteiger partial charge in [0.05, 0.1) is 0 Å². The van der Waals surface area contributed by atoms with Crippen LogP contribution in [0.5, 0.6) is 0 Å². The summed E-state index contributed by atoms with van der Waals surface area (Å²) >= 11 is 0. The predicted molar refractivity (Wildman–Crippen MR) is 73.3 cm³/mol. The van der Waals surface area contributed by atoms with E-state index in [0.717, 1.165) is 37.1 Å². The maximum Gasteiger partial charge on any atom is 0.123 e. The molecule has 0 heterocycles. The van der Waals surface area contributed by atoms with Gasteiger partial charge in [-0.15, -0.1) is 0 Å². The van der Waals surface area contributed by atoms with Gasteiger partial charge in [-0.05, 0) is 49.6 Å². The molecule has 3 heteroatoms. The van der Waals surface area contributed by atoms with Crippen LogP contribution in [0, 0.1) is 12.7 Å². The van der Waals surface area contributed by atoms with Gasteiger partial charge in [0, 0.05) is 19.3 Å². The minimum absolute atomic E-state index is 0.169. The average Bonchev–Trinajstić information content (AvgIpc) is 2.36. The number of hydrogen-bond donors (Lipinski definition) is 1. The number of ether oxygens (including phenoxy) is 1. The zero-order chi connectivity index (χ0) is 13.4. The Morgan fingerprint density at radius 1 is 1.28 bits per heavy atom. The Morgan fingerprint density at radius 3 is 2.72 bits per heavy atom. The highest BCUT2D eigenvalue weighted by atomic mass is 19.1. The molecule has 1 aromatic carbocycles. The van der Waals surface area contributed by atoms with Crippen molar-refractivity contribution in [3.8, 4) is 0 Å². The molecule has 1 aromatic rings. The lowest BCUT2D eigenvalue weighted by Crippen LogP contribution is -2.23. The highest BCUT2D eigenvalue weighted by molar-refractivity contribution is 5.29. The number of hydrogen-bond acceptors (Lipinski definition) is 2. The van der Waals surface area contributed by atoms with E-state index in [1.807, 2.05) is 13.0 Å². The van der Waals surface area contributed by atoms with E-state index >= 15 is 0 Å². The molecule has 0 fully saturated rings. The largest absolute Gasteiger partial charge is 0.381 e. The third-order valence-corrected chi connectivity index (χ3v) is 2.97. The Morgan fingerprint density at radius 2 is 2.06 bits per heavy atom. The molecule has 0 saturated heterocycles. The first kappa shape index (κ1) is 15.1. The van der Waals surface area contributed by atoms with E-state index in [-0.39, 0.29) is 11.9 Å². The molecule has 0 saturated carbocycles. The van der Waals surface area contributed by atoms with Crippen LogP contribution >= 0.6 is 0 Å². The van der Waals surface area contributed by atoms with E-state index in [4.69, 9.17) is 4.74 Å². The zero-order valence-corrected chi connectivity index (χ0v) is 11.6. The summed E-state index contributed by atoms with van der Waals surface area (Å²) in [5, 5.41) is 3.40. The first-order valence-electron chi connectivity index (χ1n) is 6.76. The van der Waals surface area contributed by atoms with Gasteiger partial charge in [-0.2, -0.15) is 0 Å². The first-order valence-corrected chi connectivity index (χ1v) is 6.76. The highest BCUT2D eigenvalue weighted by Gasteiger charge is 2.13. The lowest BCUT2D eigenvalue weighted by molar-refractivity contribution is 0.124. The van der Waals surface area contributed by atoms with E-state index in [0.29, 0.717) is 6.61 Å². The van der Waals surface area contributed by atoms with Gasteiger partial charge in [0.2, 0.25) is 0 Å². The van der Waals surface area contributed by atoms with Gasteiger partial charge in [-0.3, -0.25) is 0 Å². The molecule has 1 rings (SSSR count). The Hall–Kier alpha value is -0.930. The van der Waals surface area contributed by atoms with E-state index in [9.17, 15) is 4.39 Å². The number of aryl methyl sites for hydroxylation is 1. The highest BCUT2D eigenvalue weighted by Crippen LogP contribution is 2.21. The van der Waals surface area contributed by atoms with Crippen LogP contribution in [0.25, 0.3) is 0 Å². The van der Waals surface area contributed by atoms with Crippen LogP contribution in [0.15, 0.2) is 18.2 Å². The second-order valence-corrected chi connectivity index (χ2v) is 4.51. The average molecular weight is 253 g/mol. The lowest BCUT2D eigenvalue weighted by Gasteiger charge is -2.20. The molecule has 0 aliphatic heterocycles. The van der Waals surface area contributed by atoms with Crippen LogP contribution in [0.4, 0.5) is 4.39 Å². The summed E-state index contributed by atoms with van der Waals surface area (Å²) < 4.78 is 18.8. The van der Waals surface area contributed by atoms with Gasteiger partial charge < -0.3 is 10.1 Å². The quantitative estimate of drug-likeness (QED) is 0.715. The van der Waals surface area contributed by atoms with Gasteiger partial charge in [-0.25, -0.2) is 4.39 Å². The monoisotopic (exact) mass is 253 g/mol. The van der Waals surface area contributed by atoms with Gasteiger partial charge in [-0.1, -0.05) is 19.9 Å². The van der Waals surface area contributed by atoms with E-state index in [1.165, 1.54) is 6.07 Å². The van der Waals surface area contributed by atoms with Gasteiger partial charge in [0.1, 0.15) is 5.82 Å². The summed E-state index contributed by atoms with van der Waals surface area (Å²) in [6.45, 7) is 8.55. The van der Waals surface area contributed by atoms with Crippen molar-refractivity contribution >= 4 is 0 Å². The zero-order valence-electron chi connectivity index (χ0n) is 11.6. The Kier molecular flexibility index (Phi) is 6.91. The fourth-order valence-electron chi connectivity index (χ4n) is 2.05. The number of halogens is 1. The third kappa shape index (κ3) is 4.75. The van der Waals surface area contributed by atoms with Crippen molar-refractivity contribution < 1.29 is 9.13 Å². The van der Waals surface area contributed by atoms with Crippen molar-refractivity contribution in [3.05, 3.63) is 35.1 Å². The summed E-state index contributed by atoms with van der Waals surface area (Å²) in [6, 6.07) is 5.14. The third-order valence-electron chi connectivity index (χ3n) is 2.97. The van der Waals surface area contributed by atoms with Crippen LogP contribution in [0.2, 0.25) is 0 Å². The first-order chi connectivity index (χ1) is 8.69. The maximum absolute atomic E-state index is 13.3. The molecule has 0 radical (unpaired) electrons. The van der Waals surface area contributed by atoms with Crippen molar-refractivity contribution in [2.75, 3.05) is 19.8 Å². The van der Waals surface area contributed by atoms with Gasteiger partial charge >= 0.3 is 0 Å². The maximum atomic E-state index is 13.3. The fraction of sp³-hybridized carbons (Fsp3) is 0.600. The standard InChI is InChI=1S/C15H24FNO/c1-4-9-18-10-8-15(17-5-2)14-11-13(16)7-6-12(14)3/h6-7,11,15,17H,4-5,8-10H2,1-3H3. The minimum Gasteiger partial charge on any atom is -0.381 e. The Bertz CT molecular complexity index is 354. The molecule has 0 aliphatic carbocycles. The molecular weight excluding hydrogens is 229 g/mol. The van der Waals surface area contributed by atoms with E-state index < -0.39 is 0 Å². The lowest BCUT2D eigenvalue weighted by atomic mass is 9.99. The van der Waals surface area contributed by atoms with Crippen LogP contribution in [-0.4, -0.2) is 19.8 Å². The number of benzene rings is 1. The second kappa shape index (κ2) is 8.22. The van der Waals surface area contributed by atoms with Gasteiger partial charge in [0.25, 0.3) is 0 Å². The summed E-state index contributed by atoms with van der Waals surface area (Å²) in [7, 11) is 0. The number of nitrogens with one attached hydrogen (secondary N) is 1. The summed E-state index contributed by atoms with van der Waals surface area (Å²) in [4.78, 5) is 0. The fourth-order valence-corrected chi connectivity index (χ4v) is 2.05. The minimum atomic E-state index is -0.173. The molecular formula is C15H24FNO. The van der Waals surface area contributed by atoms with Crippen molar-refractivity contribution in [1.82, 2.24) is 5.32 Å². The SMILES string of the molecule is CCCOCCC(NCC)c1cc(F)ccc1C. The molecule has 1 N–H and O–H groups in total. The molecule has 0 bridgehead atoms. The van der Waals surface area contributed by atoms with Crippen molar-refractivity contribution in [1.29, 1.82) is 0 Å². The van der Waals surface area contributed by atoms with E-state index in [2.05, 4.69) is 19.2 Å². The Labute approximate surface area is 110 Å². The van der Waals surface area contributed by atoms with Crippen LogP contribution in [-0.2, 0) is 4.74 Å². The molecule has 0 aromatic heterocycles.